The number of rotatable bonds is 4. The Balaban J connectivity index is 1.88. The van der Waals surface area contributed by atoms with Gasteiger partial charge in [-0.25, -0.2) is 0 Å². The van der Waals surface area contributed by atoms with Crippen molar-refractivity contribution >= 4 is 0 Å². The van der Waals surface area contributed by atoms with E-state index >= 15 is 0 Å². The summed E-state index contributed by atoms with van der Waals surface area (Å²) in [7, 11) is 0. The van der Waals surface area contributed by atoms with Gasteiger partial charge < -0.3 is 15.0 Å². The van der Waals surface area contributed by atoms with Crippen LogP contribution >= 0.6 is 0 Å². The molecule has 2 aliphatic rings. The lowest BCUT2D eigenvalue weighted by molar-refractivity contribution is 0.123. The Labute approximate surface area is 99.5 Å². The lowest BCUT2D eigenvalue weighted by Gasteiger charge is -2.34. The maximum atomic E-state index is 5.52. The van der Waals surface area contributed by atoms with Gasteiger partial charge >= 0.3 is 0 Å². The van der Waals surface area contributed by atoms with E-state index in [0.29, 0.717) is 5.41 Å². The lowest BCUT2D eigenvalue weighted by atomic mass is 9.82. The van der Waals surface area contributed by atoms with Crippen molar-refractivity contribution < 1.29 is 4.74 Å². The van der Waals surface area contributed by atoms with Crippen LogP contribution in [0.1, 0.15) is 32.6 Å². The summed E-state index contributed by atoms with van der Waals surface area (Å²) in [4.78, 5) is 2.62. The molecule has 16 heavy (non-hydrogen) atoms. The first-order valence-electron chi connectivity index (χ1n) is 6.85. The van der Waals surface area contributed by atoms with E-state index in [9.17, 15) is 0 Å². The molecule has 1 unspecified atom stereocenters. The average Bonchev–Trinajstić information content (AvgIpc) is 2.57. The normalized spacial score (nSPS) is 32.8. The van der Waals surface area contributed by atoms with Crippen molar-refractivity contribution in [1.29, 1.82) is 0 Å². The maximum Gasteiger partial charge on any atom is 0.0593 e. The monoisotopic (exact) mass is 226 g/mol. The van der Waals surface area contributed by atoms with Gasteiger partial charge in [-0.15, -0.1) is 0 Å². The van der Waals surface area contributed by atoms with Crippen LogP contribution in [0.5, 0.6) is 0 Å². The van der Waals surface area contributed by atoms with Gasteiger partial charge in [-0.3, -0.25) is 0 Å². The van der Waals surface area contributed by atoms with Crippen LogP contribution < -0.4 is 5.32 Å². The van der Waals surface area contributed by atoms with Crippen LogP contribution in [-0.2, 0) is 4.74 Å². The van der Waals surface area contributed by atoms with Gasteiger partial charge in [0, 0.05) is 32.8 Å². The van der Waals surface area contributed by atoms with E-state index in [1.807, 2.05) is 0 Å². The fourth-order valence-electron chi connectivity index (χ4n) is 3.18. The first-order chi connectivity index (χ1) is 7.85. The maximum absolute atomic E-state index is 5.52. The summed E-state index contributed by atoms with van der Waals surface area (Å²) in [6, 6.07) is 0. The molecule has 0 bridgehead atoms. The van der Waals surface area contributed by atoms with Gasteiger partial charge in [0.1, 0.15) is 0 Å². The molecule has 0 aromatic heterocycles. The summed E-state index contributed by atoms with van der Waals surface area (Å²) in [6.45, 7) is 10.3. The topological polar surface area (TPSA) is 24.5 Å². The van der Waals surface area contributed by atoms with Gasteiger partial charge in [-0.05, 0) is 31.2 Å². The average molecular weight is 226 g/mol. The van der Waals surface area contributed by atoms with Crippen molar-refractivity contribution in [3.8, 4) is 0 Å². The summed E-state index contributed by atoms with van der Waals surface area (Å²) in [5.41, 5.74) is 0.555. The number of nitrogens with zero attached hydrogens (tertiary/aromatic N) is 1. The van der Waals surface area contributed by atoms with Crippen molar-refractivity contribution in [2.45, 2.75) is 32.6 Å². The second-order valence-electron chi connectivity index (χ2n) is 5.42. The molecule has 0 aromatic carbocycles. The van der Waals surface area contributed by atoms with E-state index in [2.05, 4.69) is 17.1 Å². The molecule has 2 rings (SSSR count). The van der Waals surface area contributed by atoms with Gasteiger partial charge in [0.15, 0.2) is 0 Å². The molecule has 0 radical (unpaired) electrons. The van der Waals surface area contributed by atoms with Crippen molar-refractivity contribution in [2.75, 3.05) is 45.9 Å². The predicted octanol–water partition coefficient (Wildman–Crippen LogP) is 1.49. The van der Waals surface area contributed by atoms with E-state index in [1.54, 1.807) is 0 Å². The van der Waals surface area contributed by atoms with Gasteiger partial charge in [0.25, 0.3) is 0 Å². The summed E-state index contributed by atoms with van der Waals surface area (Å²) >= 11 is 0. The SMILES string of the molecule is CCCC1(CN2CCCOCC2)CCNC1. The first-order valence-corrected chi connectivity index (χ1v) is 6.85. The zero-order valence-electron chi connectivity index (χ0n) is 10.6. The van der Waals surface area contributed by atoms with Crippen LogP contribution in [0.15, 0.2) is 0 Å². The van der Waals surface area contributed by atoms with Gasteiger partial charge in [0.05, 0.1) is 6.61 Å². The Morgan fingerprint density at radius 3 is 3.00 bits per heavy atom. The quantitative estimate of drug-likeness (QED) is 0.786. The molecule has 3 heteroatoms. The minimum Gasteiger partial charge on any atom is -0.380 e. The molecule has 0 aromatic rings. The minimum absolute atomic E-state index is 0.555. The third kappa shape index (κ3) is 3.19. The van der Waals surface area contributed by atoms with Gasteiger partial charge in [-0.2, -0.15) is 0 Å². The van der Waals surface area contributed by atoms with Crippen molar-refractivity contribution in [3.05, 3.63) is 0 Å². The number of hydrogen-bond acceptors (Lipinski definition) is 3. The molecule has 2 fully saturated rings. The molecular formula is C13H26N2O. The van der Waals surface area contributed by atoms with E-state index in [4.69, 9.17) is 4.74 Å². The molecule has 0 saturated carbocycles. The highest BCUT2D eigenvalue weighted by atomic mass is 16.5. The fraction of sp³-hybridized carbons (Fsp3) is 1.00. The second kappa shape index (κ2) is 5.99. The Bertz CT molecular complexity index is 194. The summed E-state index contributed by atoms with van der Waals surface area (Å²) < 4.78 is 5.52. The molecule has 1 atom stereocenters. The molecule has 3 nitrogen and oxygen atoms in total. The fourth-order valence-corrected chi connectivity index (χ4v) is 3.18. The van der Waals surface area contributed by atoms with E-state index in [0.717, 1.165) is 19.8 Å². The van der Waals surface area contributed by atoms with Crippen molar-refractivity contribution in [2.24, 2.45) is 5.41 Å². The third-order valence-electron chi connectivity index (χ3n) is 3.99. The Kier molecular flexibility index (Phi) is 4.62. The summed E-state index contributed by atoms with van der Waals surface area (Å²) in [6.07, 6.45) is 5.25. The molecule has 2 aliphatic heterocycles. The predicted molar refractivity (Wildman–Crippen MR) is 66.7 cm³/mol. The van der Waals surface area contributed by atoms with Gasteiger partial charge in [-0.1, -0.05) is 13.3 Å². The Morgan fingerprint density at radius 1 is 1.31 bits per heavy atom. The van der Waals surface area contributed by atoms with Crippen LogP contribution in [0.25, 0.3) is 0 Å². The molecule has 0 aliphatic carbocycles. The van der Waals surface area contributed by atoms with E-state index in [1.165, 1.54) is 51.9 Å². The molecule has 94 valence electrons. The molecule has 1 N–H and O–H groups in total. The highest BCUT2D eigenvalue weighted by molar-refractivity contribution is 4.90. The van der Waals surface area contributed by atoms with Crippen LogP contribution in [0.3, 0.4) is 0 Å². The van der Waals surface area contributed by atoms with Crippen molar-refractivity contribution in [1.82, 2.24) is 10.2 Å². The van der Waals surface area contributed by atoms with Crippen LogP contribution in [0.2, 0.25) is 0 Å². The zero-order valence-corrected chi connectivity index (χ0v) is 10.6. The third-order valence-corrected chi connectivity index (χ3v) is 3.99. The summed E-state index contributed by atoms with van der Waals surface area (Å²) in [5.74, 6) is 0. The van der Waals surface area contributed by atoms with Gasteiger partial charge in [0.2, 0.25) is 0 Å². The molecule has 2 saturated heterocycles. The van der Waals surface area contributed by atoms with Crippen LogP contribution in [-0.4, -0.2) is 50.8 Å². The highest BCUT2D eigenvalue weighted by Gasteiger charge is 2.34. The van der Waals surface area contributed by atoms with Crippen LogP contribution in [0.4, 0.5) is 0 Å². The Hall–Kier alpha value is -0.120. The number of hydrogen-bond donors (Lipinski definition) is 1. The number of ether oxygens (including phenoxy) is 1. The van der Waals surface area contributed by atoms with E-state index < -0.39 is 0 Å². The Morgan fingerprint density at radius 2 is 2.25 bits per heavy atom. The molecule has 0 spiro atoms. The second-order valence-corrected chi connectivity index (χ2v) is 5.42. The zero-order chi connectivity index (χ0) is 11.3. The van der Waals surface area contributed by atoms with Crippen LogP contribution in [0, 0.1) is 5.41 Å². The number of nitrogens with one attached hydrogen (secondary N) is 1. The minimum atomic E-state index is 0.555. The highest BCUT2D eigenvalue weighted by Crippen LogP contribution is 2.32. The largest absolute Gasteiger partial charge is 0.380 e. The molecule has 0 amide bonds. The van der Waals surface area contributed by atoms with E-state index in [-0.39, 0.29) is 0 Å². The first kappa shape index (κ1) is 12.3. The lowest BCUT2D eigenvalue weighted by Crippen LogP contribution is -2.40. The molecular weight excluding hydrogens is 200 g/mol. The summed E-state index contributed by atoms with van der Waals surface area (Å²) in [5, 5.41) is 3.55. The smallest absolute Gasteiger partial charge is 0.0593 e. The van der Waals surface area contributed by atoms with Crippen molar-refractivity contribution in [3.63, 3.8) is 0 Å². The standard InChI is InChI=1S/C13H26N2O/c1-2-4-13(5-6-14-11-13)12-15-7-3-9-16-10-8-15/h14H,2-12H2,1H3. The molecule has 2 heterocycles.